The van der Waals surface area contributed by atoms with Crippen LogP contribution in [0.4, 0.5) is 4.79 Å². The molecule has 0 bridgehead atoms. The number of hydrogen-bond acceptors (Lipinski definition) is 4. The number of carbonyl (C=O) groups is 1. The van der Waals surface area contributed by atoms with Gasteiger partial charge < -0.3 is 15.7 Å². The van der Waals surface area contributed by atoms with Gasteiger partial charge in [-0.1, -0.05) is 13.8 Å². The summed E-state index contributed by atoms with van der Waals surface area (Å²) >= 11 is 1.54. The van der Waals surface area contributed by atoms with E-state index in [1.165, 1.54) is 11.3 Å². The number of aromatic nitrogens is 1. The van der Waals surface area contributed by atoms with E-state index in [0.29, 0.717) is 19.4 Å². The summed E-state index contributed by atoms with van der Waals surface area (Å²) in [5, 5.41) is 17.8. The van der Waals surface area contributed by atoms with Crippen molar-refractivity contribution in [3.05, 3.63) is 16.6 Å². The van der Waals surface area contributed by atoms with Crippen molar-refractivity contribution in [2.24, 2.45) is 0 Å². The summed E-state index contributed by atoms with van der Waals surface area (Å²) in [4.78, 5) is 15.8. The number of thiazole rings is 1. The Labute approximate surface area is 112 Å². The molecule has 0 fully saturated rings. The molecule has 2 amide bonds. The summed E-state index contributed by atoms with van der Waals surface area (Å²) in [6, 6.07) is -0.249. The van der Waals surface area contributed by atoms with Gasteiger partial charge in [-0.05, 0) is 19.3 Å². The largest absolute Gasteiger partial charge is 0.393 e. The van der Waals surface area contributed by atoms with Crippen molar-refractivity contribution >= 4 is 17.4 Å². The van der Waals surface area contributed by atoms with Crippen LogP contribution in [0.2, 0.25) is 0 Å². The molecular formula is C12H21N3O2S. The minimum Gasteiger partial charge on any atom is -0.393 e. The highest BCUT2D eigenvalue weighted by Gasteiger charge is 2.14. The Hall–Kier alpha value is -1.14. The lowest BCUT2D eigenvalue weighted by molar-refractivity contribution is 0.160. The smallest absolute Gasteiger partial charge is 0.315 e. The van der Waals surface area contributed by atoms with Gasteiger partial charge in [-0.3, -0.25) is 0 Å². The summed E-state index contributed by atoms with van der Waals surface area (Å²) in [5.74, 6) is 0. The van der Waals surface area contributed by atoms with E-state index >= 15 is 0 Å². The van der Waals surface area contributed by atoms with Crippen molar-refractivity contribution in [3.8, 4) is 0 Å². The highest BCUT2D eigenvalue weighted by Crippen LogP contribution is 2.18. The zero-order chi connectivity index (χ0) is 13.4. The van der Waals surface area contributed by atoms with Gasteiger partial charge in [0.2, 0.25) is 0 Å². The van der Waals surface area contributed by atoms with Crippen LogP contribution < -0.4 is 10.6 Å². The van der Waals surface area contributed by atoms with Gasteiger partial charge in [0.25, 0.3) is 0 Å². The predicted molar refractivity (Wildman–Crippen MR) is 72.6 cm³/mol. The van der Waals surface area contributed by atoms with Crippen LogP contribution in [0, 0.1) is 0 Å². The fourth-order valence-corrected chi connectivity index (χ4v) is 2.28. The number of nitrogens with zero attached hydrogens (tertiary/aromatic N) is 1. The molecule has 0 aliphatic heterocycles. The first-order valence-corrected chi connectivity index (χ1v) is 7.17. The SMILES string of the molecule is CCC(O)CCNC(=O)NC(CC)c1nccs1. The first-order valence-electron chi connectivity index (χ1n) is 6.29. The van der Waals surface area contributed by atoms with Crippen molar-refractivity contribution in [1.29, 1.82) is 0 Å². The average molecular weight is 271 g/mol. The quantitative estimate of drug-likeness (QED) is 0.710. The van der Waals surface area contributed by atoms with E-state index in [4.69, 9.17) is 0 Å². The third-order valence-electron chi connectivity index (χ3n) is 2.70. The maximum absolute atomic E-state index is 11.7. The fourth-order valence-electron chi connectivity index (χ4n) is 1.51. The Morgan fingerprint density at radius 1 is 1.50 bits per heavy atom. The summed E-state index contributed by atoms with van der Waals surface area (Å²) in [6.45, 7) is 4.41. The van der Waals surface area contributed by atoms with Crippen LogP contribution in [0.5, 0.6) is 0 Å². The maximum atomic E-state index is 11.7. The van der Waals surface area contributed by atoms with Crippen LogP contribution in [0.1, 0.15) is 44.2 Å². The van der Waals surface area contributed by atoms with E-state index in [1.807, 2.05) is 19.2 Å². The zero-order valence-electron chi connectivity index (χ0n) is 10.8. The Morgan fingerprint density at radius 3 is 2.83 bits per heavy atom. The molecule has 1 heterocycles. The Kier molecular flexibility index (Phi) is 6.67. The molecule has 6 heteroatoms. The molecule has 1 aromatic heterocycles. The minimum atomic E-state index is -0.341. The van der Waals surface area contributed by atoms with E-state index in [0.717, 1.165) is 11.4 Å². The molecule has 1 rings (SSSR count). The summed E-state index contributed by atoms with van der Waals surface area (Å²) < 4.78 is 0. The number of hydrogen-bond donors (Lipinski definition) is 3. The number of urea groups is 1. The molecule has 102 valence electrons. The monoisotopic (exact) mass is 271 g/mol. The van der Waals surface area contributed by atoms with Crippen LogP contribution in [0.3, 0.4) is 0 Å². The van der Waals surface area contributed by atoms with Crippen LogP contribution >= 0.6 is 11.3 Å². The van der Waals surface area contributed by atoms with Gasteiger partial charge in [-0.15, -0.1) is 11.3 Å². The van der Waals surface area contributed by atoms with Crippen molar-refractivity contribution in [2.45, 2.75) is 45.3 Å². The number of aliphatic hydroxyl groups is 1. The fraction of sp³-hybridized carbons (Fsp3) is 0.667. The molecule has 0 saturated heterocycles. The molecule has 0 radical (unpaired) electrons. The number of amides is 2. The summed E-state index contributed by atoms with van der Waals surface area (Å²) in [7, 11) is 0. The van der Waals surface area contributed by atoms with Gasteiger partial charge in [0.1, 0.15) is 5.01 Å². The van der Waals surface area contributed by atoms with E-state index in [9.17, 15) is 9.90 Å². The third kappa shape index (κ3) is 5.01. The predicted octanol–water partition coefficient (Wildman–Crippen LogP) is 2.05. The molecular weight excluding hydrogens is 250 g/mol. The maximum Gasteiger partial charge on any atom is 0.315 e. The molecule has 0 saturated carbocycles. The van der Waals surface area contributed by atoms with Gasteiger partial charge in [-0.2, -0.15) is 0 Å². The molecule has 1 aromatic rings. The Morgan fingerprint density at radius 2 is 2.28 bits per heavy atom. The topological polar surface area (TPSA) is 74.2 Å². The highest BCUT2D eigenvalue weighted by molar-refractivity contribution is 7.09. The minimum absolute atomic E-state index is 0.0406. The molecule has 5 nitrogen and oxygen atoms in total. The number of carbonyl (C=O) groups excluding carboxylic acids is 1. The van der Waals surface area contributed by atoms with Crippen LogP contribution in [0.15, 0.2) is 11.6 Å². The second-order valence-corrected chi connectivity index (χ2v) is 5.01. The van der Waals surface area contributed by atoms with Gasteiger partial charge in [-0.25, -0.2) is 9.78 Å². The number of rotatable bonds is 7. The van der Waals surface area contributed by atoms with Gasteiger partial charge >= 0.3 is 6.03 Å². The number of nitrogens with one attached hydrogen (secondary N) is 2. The summed E-state index contributed by atoms with van der Waals surface area (Å²) in [6.07, 6.45) is 3.49. The van der Waals surface area contributed by atoms with Gasteiger partial charge in [0, 0.05) is 18.1 Å². The lowest BCUT2D eigenvalue weighted by Gasteiger charge is -2.15. The van der Waals surface area contributed by atoms with Crippen molar-refractivity contribution in [1.82, 2.24) is 15.6 Å². The standard InChI is InChI=1S/C12H21N3O2S/c1-3-9(16)5-6-14-12(17)15-10(4-2)11-13-7-8-18-11/h7-10,16H,3-6H2,1-2H3,(H2,14,15,17). The molecule has 3 N–H and O–H groups in total. The van der Waals surface area contributed by atoms with Crippen LogP contribution in [0.25, 0.3) is 0 Å². The van der Waals surface area contributed by atoms with Crippen molar-refractivity contribution in [2.75, 3.05) is 6.54 Å². The second kappa shape index (κ2) is 8.05. The normalized spacial score (nSPS) is 13.9. The van der Waals surface area contributed by atoms with Crippen molar-refractivity contribution in [3.63, 3.8) is 0 Å². The second-order valence-electron chi connectivity index (χ2n) is 4.08. The average Bonchev–Trinajstić information content (AvgIpc) is 2.89. The van der Waals surface area contributed by atoms with E-state index in [1.54, 1.807) is 6.20 Å². The summed E-state index contributed by atoms with van der Waals surface area (Å²) in [5.41, 5.74) is 0. The lowest BCUT2D eigenvalue weighted by atomic mass is 10.2. The first-order chi connectivity index (χ1) is 8.67. The van der Waals surface area contributed by atoms with Gasteiger partial charge in [0.05, 0.1) is 12.1 Å². The third-order valence-corrected chi connectivity index (χ3v) is 3.59. The van der Waals surface area contributed by atoms with Gasteiger partial charge in [0.15, 0.2) is 0 Å². The van der Waals surface area contributed by atoms with E-state index in [-0.39, 0.29) is 18.2 Å². The Bertz CT molecular complexity index is 343. The zero-order valence-corrected chi connectivity index (χ0v) is 11.7. The number of aliphatic hydroxyl groups excluding tert-OH is 1. The molecule has 0 aromatic carbocycles. The highest BCUT2D eigenvalue weighted by atomic mass is 32.1. The van der Waals surface area contributed by atoms with E-state index in [2.05, 4.69) is 15.6 Å². The van der Waals surface area contributed by atoms with E-state index < -0.39 is 0 Å². The van der Waals surface area contributed by atoms with Crippen molar-refractivity contribution < 1.29 is 9.90 Å². The Balaban J connectivity index is 2.30. The molecule has 0 aliphatic rings. The van der Waals surface area contributed by atoms with Crippen LogP contribution in [-0.4, -0.2) is 28.8 Å². The molecule has 18 heavy (non-hydrogen) atoms. The molecule has 2 unspecified atom stereocenters. The molecule has 0 spiro atoms. The van der Waals surface area contributed by atoms with Crippen LogP contribution in [-0.2, 0) is 0 Å². The first kappa shape index (κ1) is 14.9. The molecule has 0 aliphatic carbocycles. The molecule has 2 atom stereocenters. The lowest BCUT2D eigenvalue weighted by Crippen LogP contribution is -2.38.